The maximum Gasteiger partial charge on any atom is 0.250 e. The van der Waals surface area contributed by atoms with Crippen LogP contribution in [0.4, 0.5) is 11.4 Å². The number of aromatic nitrogens is 1. The molecule has 2 saturated heterocycles. The summed E-state index contributed by atoms with van der Waals surface area (Å²) in [5, 5.41) is 3.52. The van der Waals surface area contributed by atoms with Gasteiger partial charge in [-0.05, 0) is 30.3 Å². The highest BCUT2D eigenvalue weighted by Crippen LogP contribution is 2.52. The van der Waals surface area contributed by atoms with Crippen molar-refractivity contribution in [2.24, 2.45) is 5.73 Å². The van der Waals surface area contributed by atoms with Gasteiger partial charge in [0.05, 0.1) is 44.2 Å². The van der Waals surface area contributed by atoms with Gasteiger partial charge in [0, 0.05) is 55.7 Å². The second-order valence-electron chi connectivity index (χ2n) is 8.67. The minimum absolute atomic E-state index is 0.0109. The number of rotatable bonds is 4. The molecule has 0 radical (unpaired) electrons. The molecule has 2 aromatic carbocycles. The molecule has 1 unspecified atom stereocenters. The number of pyridine rings is 1. The number of morpholine rings is 1. The van der Waals surface area contributed by atoms with Crippen LogP contribution < -0.4 is 21.5 Å². The van der Waals surface area contributed by atoms with Crippen molar-refractivity contribution >= 4 is 34.9 Å². The van der Waals surface area contributed by atoms with E-state index in [0.29, 0.717) is 26.4 Å². The Morgan fingerprint density at radius 1 is 0.971 bits per heavy atom. The van der Waals surface area contributed by atoms with Crippen molar-refractivity contribution in [1.29, 1.82) is 0 Å². The third-order valence-electron chi connectivity index (χ3n) is 6.33. The number of ether oxygens (including phenoxy) is 2. The van der Waals surface area contributed by atoms with Crippen LogP contribution in [0.2, 0.25) is 0 Å². The Morgan fingerprint density at radius 2 is 1.85 bits per heavy atom. The first kappa shape index (κ1) is 22.1. The Labute approximate surface area is 206 Å². The van der Waals surface area contributed by atoms with Crippen LogP contribution in [0, 0.1) is 0 Å². The van der Waals surface area contributed by atoms with Crippen molar-refractivity contribution in [3.05, 3.63) is 58.9 Å². The first-order chi connectivity index (χ1) is 16.6. The third kappa shape index (κ3) is 4.34. The van der Waals surface area contributed by atoms with Gasteiger partial charge in [-0.25, -0.2) is 0 Å². The molecule has 1 aromatic heterocycles. The Bertz CT molecular complexity index is 1280. The van der Waals surface area contributed by atoms with E-state index in [1.54, 1.807) is 29.6 Å². The smallest absolute Gasteiger partial charge is 0.250 e. The highest BCUT2D eigenvalue weighted by atomic mass is 32.2. The maximum atomic E-state index is 12.5. The van der Waals surface area contributed by atoms with Crippen LogP contribution in [0.1, 0.15) is 0 Å². The van der Waals surface area contributed by atoms with E-state index in [-0.39, 0.29) is 17.6 Å². The maximum absolute atomic E-state index is 12.5. The second kappa shape index (κ2) is 9.31. The molecule has 34 heavy (non-hydrogen) atoms. The summed E-state index contributed by atoms with van der Waals surface area (Å²) in [6.45, 7) is 4.18. The summed E-state index contributed by atoms with van der Waals surface area (Å²) in [4.78, 5) is 22.6. The summed E-state index contributed by atoms with van der Waals surface area (Å²) in [5.74, 6) is 0. The zero-order valence-corrected chi connectivity index (χ0v) is 20.2. The van der Waals surface area contributed by atoms with E-state index in [1.807, 2.05) is 0 Å². The molecule has 0 bridgehead atoms. The molecule has 0 saturated carbocycles. The van der Waals surface area contributed by atoms with E-state index >= 15 is 0 Å². The number of H-pyrrole nitrogens is 1. The van der Waals surface area contributed by atoms with Gasteiger partial charge in [0.1, 0.15) is 0 Å². The fourth-order valence-corrected chi connectivity index (χ4v) is 6.93. The van der Waals surface area contributed by atoms with Crippen LogP contribution in [0.25, 0.3) is 11.3 Å². The van der Waals surface area contributed by atoms with Crippen molar-refractivity contribution in [1.82, 2.24) is 4.98 Å². The summed E-state index contributed by atoms with van der Waals surface area (Å²) < 4.78 is 11.0. The fraction of sp³-hybridized carbons (Fsp3) is 0.320. The highest BCUT2D eigenvalue weighted by molar-refractivity contribution is 8.05. The van der Waals surface area contributed by atoms with Gasteiger partial charge in [0.25, 0.3) is 0 Å². The molecule has 6 rings (SSSR count). The number of aromatic amines is 1. The molecule has 4 heterocycles. The SMILES string of the molecule is N[C@H]1COCC1Nc1ccc2c(c1)Sc1cccc(-c3cc(N4CCOCC4)cc(=O)[nH]3)c1S2. The lowest BCUT2D eigenvalue weighted by molar-refractivity contribution is 0.122. The van der Waals surface area contributed by atoms with E-state index in [0.717, 1.165) is 35.7 Å². The van der Waals surface area contributed by atoms with Crippen molar-refractivity contribution in [2.45, 2.75) is 31.7 Å². The minimum atomic E-state index is -0.0877. The van der Waals surface area contributed by atoms with Gasteiger partial charge in [0.2, 0.25) is 5.56 Å². The van der Waals surface area contributed by atoms with E-state index < -0.39 is 0 Å². The van der Waals surface area contributed by atoms with Gasteiger partial charge in [-0.1, -0.05) is 35.7 Å². The standard InChI is InChI=1S/C25H26N4O3S2/c26-18-13-32-14-20(18)27-15-4-5-21-23(10-15)33-22-3-1-2-17(25(22)34-21)19-11-16(12-24(30)28-19)29-6-8-31-9-7-29/h1-5,10-12,18,20,27H,6-9,13-14,26H2,(H,28,30)/t18-,20?/m0/s1. The molecular formula is C25H26N4O3S2. The first-order valence-corrected chi connectivity index (χ1v) is 13.1. The molecule has 0 aliphatic carbocycles. The predicted octanol–water partition coefficient (Wildman–Crippen LogP) is 3.63. The number of fused-ring (bicyclic) bond motifs is 2. The normalized spacial score (nSPS) is 21.7. The first-order valence-electron chi connectivity index (χ1n) is 11.4. The predicted molar refractivity (Wildman–Crippen MR) is 136 cm³/mol. The van der Waals surface area contributed by atoms with Gasteiger partial charge in [-0.15, -0.1) is 0 Å². The number of benzene rings is 2. The van der Waals surface area contributed by atoms with Crippen LogP contribution >= 0.6 is 23.5 Å². The van der Waals surface area contributed by atoms with Crippen molar-refractivity contribution in [3.8, 4) is 11.3 Å². The van der Waals surface area contributed by atoms with E-state index in [2.05, 4.69) is 57.7 Å². The lowest BCUT2D eigenvalue weighted by Gasteiger charge is -2.29. The lowest BCUT2D eigenvalue weighted by Crippen LogP contribution is -2.38. The van der Waals surface area contributed by atoms with Gasteiger partial charge in [-0.2, -0.15) is 0 Å². The van der Waals surface area contributed by atoms with Crippen LogP contribution in [0.3, 0.4) is 0 Å². The van der Waals surface area contributed by atoms with Crippen LogP contribution in [0.15, 0.2) is 72.9 Å². The summed E-state index contributed by atoms with van der Waals surface area (Å²) in [5.41, 5.74) is 9.94. The molecule has 7 nitrogen and oxygen atoms in total. The van der Waals surface area contributed by atoms with E-state index in [4.69, 9.17) is 15.2 Å². The summed E-state index contributed by atoms with van der Waals surface area (Å²) >= 11 is 3.51. The minimum Gasteiger partial charge on any atom is -0.378 e. The number of hydrogen-bond acceptors (Lipinski definition) is 8. The Morgan fingerprint density at radius 3 is 2.68 bits per heavy atom. The van der Waals surface area contributed by atoms with Crippen molar-refractivity contribution < 1.29 is 9.47 Å². The molecule has 2 fully saturated rings. The summed E-state index contributed by atoms with van der Waals surface area (Å²) in [6.07, 6.45) is 0. The molecule has 3 aliphatic heterocycles. The van der Waals surface area contributed by atoms with Gasteiger partial charge >= 0.3 is 0 Å². The van der Waals surface area contributed by atoms with Crippen LogP contribution in [-0.4, -0.2) is 56.6 Å². The summed E-state index contributed by atoms with van der Waals surface area (Å²) in [7, 11) is 0. The number of nitrogens with one attached hydrogen (secondary N) is 2. The zero-order chi connectivity index (χ0) is 23.1. The molecule has 9 heteroatoms. The Balaban J connectivity index is 1.30. The molecule has 0 spiro atoms. The molecule has 176 valence electrons. The largest absolute Gasteiger partial charge is 0.378 e. The van der Waals surface area contributed by atoms with E-state index in [1.165, 1.54) is 19.6 Å². The van der Waals surface area contributed by atoms with Gasteiger partial charge in [0.15, 0.2) is 0 Å². The van der Waals surface area contributed by atoms with Crippen LogP contribution in [0.5, 0.6) is 0 Å². The average Bonchev–Trinajstić information content (AvgIpc) is 3.26. The number of nitrogens with two attached hydrogens (primary N) is 1. The number of nitrogens with zero attached hydrogens (tertiary/aromatic N) is 1. The molecule has 2 atom stereocenters. The van der Waals surface area contributed by atoms with Gasteiger partial charge < -0.3 is 30.4 Å². The topological polar surface area (TPSA) is 92.6 Å². The molecular weight excluding hydrogens is 468 g/mol. The Hall–Kier alpha value is -2.43. The summed E-state index contributed by atoms with van der Waals surface area (Å²) in [6, 6.07) is 16.6. The molecule has 3 aromatic rings. The van der Waals surface area contributed by atoms with E-state index in [9.17, 15) is 4.79 Å². The highest BCUT2D eigenvalue weighted by Gasteiger charge is 2.26. The monoisotopic (exact) mass is 494 g/mol. The van der Waals surface area contributed by atoms with Crippen LogP contribution in [-0.2, 0) is 9.47 Å². The van der Waals surface area contributed by atoms with Gasteiger partial charge in [-0.3, -0.25) is 4.79 Å². The second-order valence-corrected chi connectivity index (χ2v) is 10.8. The molecule has 3 aliphatic rings. The van der Waals surface area contributed by atoms with Crippen molar-refractivity contribution in [2.75, 3.05) is 49.7 Å². The fourth-order valence-electron chi connectivity index (χ4n) is 4.52. The average molecular weight is 495 g/mol. The lowest BCUT2D eigenvalue weighted by atomic mass is 10.1. The molecule has 4 N–H and O–H groups in total. The zero-order valence-electron chi connectivity index (χ0n) is 18.6. The number of hydrogen-bond donors (Lipinski definition) is 3. The van der Waals surface area contributed by atoms with Crippen molar-refractivity contribution in [3.63, 3.8) is 0 Å². The quantitative estimate of drug-likeness (QED) is 0.396. The third-order valence-corrected chi connectivity index (χ3v) is 8.92. The molecule has 0 amide bonds. The Kier molecular flexibility index (Phi) is 6.04. The number of anilines is 2.